The van der Waals surface area contributed by atoms with Gasteiger partial charge in [-0.3, -0.25) is 0 Å². The number of nitrogens with two attached hydrogens (primary N) is 1. The summed E-state index contributed by atoms with van der Waals surface area (Å²) in [6, 6.07) is 2.72. The van der Waals surface area contributed by atoms with Crippen molar-refractivity contribution in [3.05, 3.63) is 34.4 Å². The molecule has 0 unspecified atom stereocenters. The van der Waals surface area contributed by atoms with Crippen LogP contribution in [0.15, 0.2) is 12.1 Å². The van der Waals surface area contributed by atoms with E-state index in [0.717, 1.165) is 12.1 Å². The Balaban J connectivity index is 0.00000196. The highest BCUT2D eigenvalue weighted by Gasteiger charge is 2.17. The fourth-order valence-corrected chi connectivity index (χ4v) is 1.38. The van der Waals surface area contributed by atoms with Gasteiger partial charge in [-0.15, -0.1) is 12.4 Å². The van der Waals surface area contributed by atoms with Crippen molar-refractivity contribution in [2.24, 2.45) is 5.73 Å². The molecule has 1 atom stereocenters. The van der Waals surface area contributed by atoms with E-state index in [-0.39, 0.29) is 29.4 Å². The third kappa shape index (κ3) is 3.03. The van der Waals surface area contributed by atoms with Crippen LogP contribution in [0.1, 0.15) is 18.0 Å². The Kier molecular flexibility index (Phi) is 5.51. The number of rotatable bonds is 2. The van der Waals surface area contributed by atoms with Gasteiger partial charge in [0.1, 0.15) is 11.6 Å². The van der Waals surface area contributed by atoms with Crippen molar-refractivity contribution in [1.82, 2.24) is 0 Å². The molecule has 2 N–H and O–H groups in total. The summed E-state index contributed by atoms with van der Waals surface area (Å²) in [7, 11) is 0. The second-order valence-corrected chi connectivity index (χ2v) is 3.10. The van der Waals surface area contributed by atoms with Crippen molar-refractivity contribution < 1.29 is 8.78 Å². The molecule has 0 amide bonds. The summed E-state index contributed by atoms with van der Waals surface area (Å²) in [6.07, 6.45) is -0.111. The molecule has 0 radical (unpaired) electrons. The summed E-state index contributed by atoms with van der Waals surface area (Å²) >= 11 is 5.52. The van der Waals surface area contributed by atoms with Gasteiger partial charge in [-0.2, -0.15) is 5.26 Å². The zero-order valence-corrected chi connectivity index (χ0v) is 9.08. The standard InChI is InChI=1S/C9H7ClF2N2.ClH/c10-9-6(12)2-1-5(11)8(9)7(14)3-4-13;/h1-2,7H,3,14H2;1H/t7-;/m0./s1. The van der Waals surface area contributed by atoms with Gasteiger partial charge in [0.2, 0.25) is 0 Å². The zero-order chi connectivity index (χ0) is 10.7. The van der Waals surface area contributed by atoms with E-state index in [1.807, 2.05) is 0 Å². The Bertz CT molecular complexity index is 390. The maximum atomic E-state index is 13.2. The number of nitrogens with zero attached hydrogens (tertiary/aromatic N) is 1. The minimum atomic E-state index is -0.900. The molecule has 0 aromatic heterocycles. The second kappa shape index (κ2) is 5.86. The van der Waals surface area contributed by atoms with Crippen LogP contribution in [0.5, 0.6) is 0 Å². The van der Waals surface area contributed by atoms with Gasteiger partial charge in [0, 0.05) is 11.6 Å². The number of hydrogen-bond acceptors (Lipinski definition) is 2. The van der Waals surface area contributed by atoms with E-state index in [1.165, 1.54) is 0 Å². The molecule has 0 saturated carbocycles. The van der Waals surface area contributed by atoms with Gasteiger partial charge in [-0.25, -0.2) is 8.78 Å². The SMILES string of the molecule is Cl.N#CC[C@H](N)c1c(F)ccc(F)c1Cl. The smallest absolute Gasteiger partial charge is 0.142 e. The molecule has 0 saturated heterocycles. The molecule has 0 spiro atoms. The molecule has 2 nitrogen and oxygen atoms in total. The molecule has 15 heavy (non-hydrogen) atoms. The van der Waals surface area contributed by atoms with Crippen molar-refractivity contribution in [2.75, 3.05) is 0 Å². The first-order valence-corrected chi connectivity index (χ1v) is 4.21. The summed E-state index contributed by atoms with van der Waals surface area (Å²) in [4.78, 5) is 0. The van der Waals surface area contributed by atoms with E-state index in [4.69, 9.17) is 22.6 Å². The molecule has 0 aliphatic rings. The zero-order valence-electron chi connectivity index (χ0n) is 7.51. The molecule has 0 fully saturated rings. The summed E-state index contributed by atoms with van der Waals surface area (Å²) < 4.78 is 26.1. The predicted molar refractivity (Wildman–Crippen MR) is 55.8 cm³/mol. The maximum Gasteiger partial charge on any atom is 0.142 e. The van der Waals surface area contributed by atoms with E-state index in [0.29, 0.717) is 0 Å². The van der Waals surface area contributed by atoms with E-state index in [2.05, 4.69) is 0 Å². The lowest BCUT2D eigenvalue weighted by Gasteiger charge is -2.11. The first-order valence-electron chi connectivity index (χ1n) is 3.84. The van der Waals surface area contributed by atoms with Crippen LogP contribution in [0, 0.1) is 23.0 Å². The van der Waals surface area contributed by atoms with Gasteiger partial charge in [-0.1, -0.05) is 11.6 Å². The predicted octanol–water partition coefficient (Wildman–Crippen LogP) is 2.95. The normalized spacial score (nSPS) is 11.4. The fraction of sp³-hybridized carbons (Fsp3) is 0.222. The minimum absolute atomic E-state index is 0. The Morgan fingerprint density at radius 1 is 1.40 bits per heavy atom. The number of halogens is 4. The molecule has 1 aromatic rings. The first kappa shape index (κ1) is 14.1. The molecule has 1 rings (SSSR count). The van der Waals surface area contributed by atoms with Crippen molar-refractivity contribution in [2.45, 2.75) is 12.5 Å². The molecule has 0 aliphatic carbocycles. The quantitative estimate of drug-likeness (QED) is 0.823. The summed E-state index contributed by atoms with van der Waals surface area (Å²) in [5.74, 6) is -1.43. The number of nitriles is 1. The van der Waals surface area contributed by atoms with Gasteiger partial charge < -0.3 is 5.73 Å². The van der Waals surface area contributed by atoms with Crippen LogP contribution in [0.2, 0.25) is 5.02 Å². The van der Waals surface area contributed by atoms with Crippen LogP contribution in [0.4, 0.5) is 8.78 Å². The van der Waals surface area contributed by atoms with Crippen LogP contribution in [0.25, 0.3) is 0 Å². The monoisotopic (exact) mass is 252 g/mol. The van der Waals surface area contributed by atoms with Crippen LogP contribution < -0.4 is 5.73 Å². The van der Waals surface area contributed by atoms with Crippen LogP contribution in [-0.4, -0.2) is 0 Å². The lowest BCUT2D eigenvalue weighted by molar-refractivity contribution is 0.565. The van der Waals surface area contributed by atoms with E-state index < -0.39 is 17.7 Å². The highest BCUT2D eigenvalue weighted by Crippen LogP contribution is 2.28. The Morgan fingerprint density at radius 2 is 1.93 bits per heavy atom. The summed E-state index contributed by atoms with van der Waals surface area (Å²) in [5.41, 5.74) is 5.32. The largest absolute Gasteiger partial charge is 0.323 e. The highest BCUT2D eigenvalue weighted by molar-refractivity contribution is 6.31. The van der Waals surface area contributed by atoms with Gasteiger partial charge >= 0.3 is 0 Å². The van der Waals surface area contributed by atoms with Crippen molar-refractivity contribution in [3.8, 4) is 6.07 Å². The topological polar surface area (TPSA) is 49.8 Å². The molecular weight excluding hydrogens is 245 g/mol. The lowest BCUT2D eigenvalue weighted by Crippen LogP contribution is -2.12. The van der Waals surface area contributed by atoms with Gasteiger partial charge in [0.15, 0.2) is 0 Å². The summed E-state index contributed by atoms with van der Waals surface area (Å²) in [6.45, 7) is 0. The van der Waals surface area contributed by atoms with Crippen molar-refractivity contribution in [3.63, 3.8) is 0 Å². The van der Waals surface area contributed by atoms with Crippen LogP contribution >= 0.6 is 24.0 Å². The van der Waals surface area contributed by atoms with E-state index in [9.17, 15) is 8.78 Å². The minimum Gasteiger partial charge on any atom is -0.323 e. The second-order valence-electron chi connectivity index (χ2n) is 2.73. The van der Waals surface area contributed by atoms with Gasteiger partial charge in [0.25, 0.3) is 0 Å². The number of hydrogen-bond donors (Lipinski definition) is 1. The van der Waals surface area contributed by atoms with E-state index in [1.54, 1.807) is 6.07 Å². The van der Waals surface area contributed by atoms with Crippen molar-refractivity contribution >= 4 is 24.0 Å². The van der Waals surface area contributed by atoms with Crippen LogP contribution in [-0.2, 0) is 0 Å². The maximum absolute atomic E-state index is 13.2. The molecule has 6 heteroatoms. The average molecular weight is 253 g/mol. The number of benzene rings is 1. The molecule has 0 aliphatic heterocycles. The van der Waals surface area contributed by atoms with E-state index >= 15 is 0 Å². The molecular formula is C9H8Cl2F2N2. The first-order chi connectivity index (χ1) is 6.57. The Hall–Kier alpha value is -0.890. The molecule has 82 valence electrons. The molecule has 0 heterocycles. The van der Waals surface area contributed by atoms with Crippen LogP contribution in [0.3, 0.4) is 0 Å². The fourth-order valence-electron chi connectivity index (χ4n) is 1.08. The Morgan fingerprint density at radius 3 is 2.47 bits per heavy atom. The Labute approximate surface area is 97.0 Å². The van der Waals surface area contributed by atoms with Gasteiger partial charge in [0.05, 0.1) is 17.5 Å². The third-order valence-corrected chi connectivity index (χ3v) is 2.15. The lowest BCUT2D eigenvalue weighted by atomic mass is 10.0. The van der Waals surface area contributed by atoms with Crippen molar-refractivity contribution in [1.29, 1.82) is 5.26 Å². The summed E-state index contributed by atoms with van der Waals surface area (Å²) in [5, 5.41) is 8.01. The molecule has 1 aromatic carbocycles. The van der Waals surface area contributed by atoms with Gasteiger partial charge in [-0.05, 0) is 12.1 Å². The average Bonchev–Trinajstić information content (AvgIpc) is 2.13. The molecule has 0 bridgehead atoms. The third-order valence-electron chi connectivity index (χ3n) is 1.76. The highest BCUT2D eigenvalue weighted by atomic mass is 35.5.